The van der Waals surface area contributed by atoms with E-state index in [2.05, 4.69) is 63.7 Å². The Morgan fingerprint density at radius 2 is 1.97 bits per heavy atom. The molecule has 5 nitrogen and oxygen atoms in total. The lowest BCUT2D eigenvalue weighted by atomic mass is 10.1. The number of likely N-dealkylation sites (N-methyl/N-ethyl adjacent to an activating group) is 1. The Morgan fingerprint density at radius 3 is 2.52 bits per heavy atom. The fourth-order valence-corrected chi connectivity index (χ4v) is 4.76. The van der Waals surface area contributed by atoms with Crippen LogP contribution in [-0.4, -0.2) is 49.1 Å². The van der Waals surface area contributed by atoms with E-state index < -0.39 is 5.57 Å². The summed E-state index contributed by atoms with van der Waals surface area (Å²) in [4.78, 5) is 17.4. The summed E-state index contributed by atoms with van der Waals surface area (Å²) in [5.74, 6) is -0.383. The molecule has 0 fully saturated rings. The van der Waals surface area contributed by atoms with E-state index in [-0.39, 0.29) is 11.7 Å². The number of amides is 1. The van der Waals surface area contributed by atoms with Gasteiger partial charge in [0.05, 0.1) is 5.69 Å². The molecule has 0 spiro atoms. The average Bonchev–Trinajstić information content (AvgIpc) is 3.00. The molecule has 0 aliphatic carbocycles. The molecule has 1 unspecified atom stereocenters. The molecule has 2 aromatic carbocycles. The molecule has 0 bridgehead atoms. The van der Waals surface area contributed by atoms with Gasteiger partial charge in [0.25, 0.3) is 5.91 Å². The molecule has 2 aromatic rings. The largest absolute Gasteiger partial charge is 0.487 e. The molecular weight excluding hydrogens is 492 g/mol. The molecule has 31 heavy (non-hydrogen) atoms. The second kappa shape index (κ2) is 9.30. The first-order chi connectivity index (χ1) is 14.4. The van der Waals surface area contributed by atoms with Crippen molar-refractivity contribution in [2.75, 3.05) is 30.9 Å². The number of hydrogen-bond donors (Lipinski definition) is 1. The number of rotatable bonds is 7. The highest BCUT2D eigenvalue weighted by molar-refractivity contribution is 9.10. The number of nitrogens with one attached hydrogen (secondary N) is 1. The van der Waals surface area contributed by atoms with Crippen LogP contribution in [0, 0.1) is 0 Å². The molecule has 168 valence electrons. The van der Waals surface area contributed by atoms with Gasteiger partial charge in [-0.2, -0.15) is 0 Å². The Hall–Kier alpha value is -1.90. The molecule has 0 radical (unpaired) electrons. The van der Waals surface area contributed by atoms with Crippen LogP contribution in [0.3, 0.4) is 0 Å². The fourth-order valence-electron chi connectivity index (χ4n) is 3.96. The number of hydrogen-bond acceptors (Lipinski definition) is 4. The summed E-state index contributed by atoms with van der Waals surface area (Å²) < 4.78 is 30.6. The molecule has 1 aliphatic heterocycles. The van der Waals surface area contributed by atoms with Gasteiger partial charge in [-0.05, 0) is 92.3 Å². The maximum atomic E-state index is 12.8. The van der Waals surface area contributed by atoms with Gasteiger partial charge in [-0.25, -0.2) is 0 Å². The van der Waals surface area contributed by atoms with E-state index in [0.717, 1.165) is 28.7 Å². The van der Waals surface area contributed by atoms with Crippen molar-refractivity contribution in [1.82, 2.24) is 4.90 Å². The predicted octanol–water partition coefficient (Wildman–Crippen LogP) is 5.57. The number of ether oxygens (including phenoxy) is 1. The van der Waals surface area contributed by atoms with Crippen molar-refractivity contribution in [3.8, 4) is 5.75 Å². The SMILES string of the molecule is CC(C)N1c2c(Br)cc(C(=O)Nc3ccc(OC(F)(F)Cl)cc3)cc2CC1CN(C)C. The lowest BCUT2D eigenvalue weighted by molar-refractivity contribution is -0.0964. The Labute approximate surface area is 194 Å². The maximum Gasteiger partial charge on any atom is 0.487 e. The zero-order chi connectivity index (χ0) is 22.9. The van der Waals surface area contributed by atoms with Crippen LogP contribution in [0.5, 0.6) is 5.75 Å². The second-order valence-corrected chi connectivity index (χ2v) is 9.41. The molecule has 3 rings (SSSR count). The zero-order valence-corrected chi connectivity index (χ0v) is 20.1. The highest BCUT2D eigenvalue weighted by Gasteiger charge is 2.34. The number of fused-ring (bicyclic) bond motifs is 1. The summed E-state index contributed by atoms with van der Waals surface area (Å²) in [6.45, 7) is 5.24. The van der Waals surface area contributed by atoms with Gasteiger partial charge in [0.2, 0.25) is 0 Å². The number of carbonyl (C=O) groups excluding carboxylic acids is 1. The number of benzene rings is 2. The van der Waals surface area contributed by atoms with Crippen molar-refractivity contribution in [3.63, 3.8) is 0 Å². The minimum absolute atomic E-state index is 0.0982. The third kappa shape index (κ3) is 5.87. The fraction of sp³-hybridized carbons (Fsp3) is 0.409. The second-order valence-electron chi connectivity index (χ2n) is 8.11. The van der Waals surface area contributed by atoms with Gasteiger partial charge >= 0.3 is 5.57 Å². The highest BCUT2D eigenvalue weighted by atomic mass is 79.9. The van der Waals surface area contributed by atoms with Crippen molar-refractivity contribution in [3.05, 3.63) is 52.0 Å². The molecule has 1 aliphatic rings. The smallest absolute Gasteiger partial charge is 0.420 e. The molecule has 0 saturated carbocycles. The first kappa shape index (κ1) is 23.8. The Balaban J connectivity index is 1.79. The van der Waals surface area contributed by atoms with Crippen LogP contribution in [0.1, 0.15) is 29.8 Å². The highest BCUT2D eigenvalue weighted by Crippen LogP contribution is 2.41. The van der Waals surface area contributed by atoms with Gasteiger partial charge in [0.1, 0.15) is 5.75 Å². The summed E-state index contributed by atoms with van der Waals surface area (Å²) in [6, 6.07) is 9.97. The van der Waals surface area contributed by atoms with E-state index in [1.54, 1.807) is 0 Å². The molecule has 0 saturated heterocycles. The van der Waals surface area contributed by atoms with Gasteiger partial charge in [0.15, 0.2) is 0 Å². The van der Waals surface area contributed by atoms with Crippen LogP contribution in [-0.2, 0) is 6.42 Å². The van der Waals surface area contributed by atoms with Crippen LogP contribution < -0.4 is 15.0 Å². The van der Waals surface area contributed by atoms with E-state index in [1.807, 2.05) is 12.1 Å². The molecule has 0 aromatic heterocycles. The van der Waals surface area contributed by atoms with Gasteiger partial charge in [0, 0.05) is 46.0 Å². The van der Waals surface area contributed by atoms with Gasteiger partial charge in [-0.15, -0.1) is 8.78 Å². The zero-order valence-electron chi connectivity index (χ0n) is 17.8. The molecule has 1 amide bonds. The van der Waals surface area contributed by atoms with Crippen LogP contribution in [0.25, 0.3) is 0 Å². The number of nitrogens with zero attached hydrogens (tertiary/aromatic N) is 2. The Morgan fingerprint density at radius 1 is 1.32 bits per heavy atom. The minimum Gasteiger partial charge on any atom is -0.420 e. The van der Waals surface area contributed by atoms with E-state index in [9.17, 15) is 13.6 Å². The monoisotopic (exact) mass is 515 g/mol. The van der Waals surface area contributed by atoms with Crippen LogP contribution in [0.4, 0.5) is 20.2 Å². The Bertz CT molecular complexity index is 949. The summed E-state index contributed by atoms with van der Waals surface area (Å²) in [5, 5.41) is 2.79. The number of anilines is 2. The third-order valence-corrected chi connectivity index (χ3v) is 5.67. The summed E-state index contributed by atoms with van der Waals surface area (Å²) >= 11 is 8.42. The van der Waals surface area contributed by atoms with Gasteiger partial charge in [-0.3, -0.25) is 4.79 Å². The summed E-state index contributed by atoms with van der Waals surface area (Å²) in [6.07, 6.45) is 0.851. The van der Waals surface area contributed by atoms with Gasteiger partial charge < -0.3 is 19.9 Å². The van der Waals surface area contributed by atoms with Crippen molar-refractivity contribution >= 4 is 44.8 Å². The number of halogens is 4. The molecule has 1 atom stereocenters. The Kier molecular flexibility index (Phi) is 7.13. The lowest BCUT2D eigenvalue weighted by Gasteiger charge is -2.33. The topological polar surface area (TPSA) is 44.8 Å². The molecular formula is C22H25BrClF2N3O2. The molecule has 9 heteroatoms. The predicted molar refractivity (Wildman–Crippen MR) is 124 cm³/mol. The van der Waals surface area contributed by atoms with Crippen LogP contribution in [0.15, 0.2) is 40.9 Å². The lowest BCUT2D eigenvalue weighted by Crippen LogP contribution is -2.43. The minimum atomic E-state index is -3.78. The normalized spacial score (nSPS) is 16.1. The number of alkyl halides is 3. The first-order valence-corrected chi connectivity index (χ1v) is 11.0. The van der Waals surface area contributed by atoms with E-state index in [1.165, 1.54) is 24.3 Å². The summed E-state index contributed by atoms with van der Waals surface area (Å²) in [5.41, 5.74) is -0.556. The van der Waals surface area contributed by atoms with Crippen molar-refractivity contribution in [1.29, 1.82) is 0 Å². The maximum absolute atomic E-state index is 12.8. The van der Waals surface area contributed by atoms with Crippen molar-refractivity contribution < 1.29 is 18.3 Å². The van der Waals surface area contributed by atoms with Gasteiger partial charge in [-0.1, -0.05) is 0 Å². The first-order valence-electron chi connectivity index (χ1n) is 9.87. The quantitative estimate of drug-likeness (QED) is 0.489. The van der Waals surface area contributed by atoms with Crippen LogP contribution in [0.2, 0.25) is 0 Å². The summed E-state index contributed by atoms with van der Waals surface area (Å²) in [7, 11) is 4.11. The van der Waals surface area contributed by atoms with E-state index in [0.29, 0.717) is 23.3 Å². The van der Waals surface area contributed by atoms with E-state index in [4.69, 9.17) is 11.6 Å². The molecule has 1 heterocycles. The average molecular weight is 517 g/mol. The number of carbonyl (C=O) groups is 1. The molecule has 1 N–H and O–H groups in total. The van der Waals surface area contributed by atoms with E-state index >= 15 is 0 Å². The standard InChI is InChI=1S/C22H25BrClF2N3O2/c1-13(2)29-17(12-28(3)4)10-14-9-15(11-19(23)20(14)29)21(30)27-16-5-7-18(8-6-16)31-22(24,25)26/h5-9,11,13,17H,10,12H2,1-4H3,(H,27,30). The third-order valence-electron chi connectivity index (χ3n) is 4.99. The van der Waals surface area contributed by atoms with Crippen molar-refractivity contribution in [2.24, 2.45) is 0 Å². The van der Waals surface area contributed by atoms with Crippen LogP contribution >= 0.6 is 27.5 Å². The van der Waals surface area contributed by atoms with Crippen molar-refractivity contribution in [2.45, 2.75) is 37.9 Å².